The lowest BCUT2D eigenvalue weighted by Crippen LogP contribution is -2.44. The van der Waals surface area contributed by atoms with Gasteiger partial charge in [0.2, 0.25) is 0 Å². The van der Waals surface area contributed by atoms with Crippen molar-refractivity contribution in [2.45, 2.75) is 18.4 Å². The number of hydrogen-bond acceptors (Lipinski definition) is 6. The fraction of sp³-hybridized carbons (Fsp3) is 0.364. The summed E-state index contributed by atoms with van der Waals surface area (Å²) in [5, 5.41) is 13.3. The lowest BCUT2D eigenvalue weighted by Gasteiger charge is -2.30. The van der Waals surface area contributed by atoms with Crippen LogP contribution >= 0.6 is 0 Å². The summed E-state index contributed by atoms with van der Waals surface area (Å²) in [6.45, 7) is 1.36. The number of benzene rings is 2. The van der Waals surface area contributed by atoms with Crippen molar-refractivity contribution in [3.8, 4) is 11.5 Å². The van der Waals surface area contributed by atoms with Gasteiger partial charge in [-0.3, -0.25) is 4.79 Å². The summed E-state index contributed by atoms with van der Waals surface area (Å²) < 4.78 is 83.6. The van der Waals surface area contributed by atoms with Gasteiger partial charge in [-0.1, -0.05) is 0 Å². The summed E-state index contributed by atoms with van der Waals surface area (Å²) in [6, 6.07) is 7.16. The zero-order valence-corrected chi connectivity index (χ0v) is 18.9. The zero-order chi connectivity index (χ0) is 26.8. The van der Waals surface area contributed by atoms with Gasteiger partial charge in [-0.25, -0.2) is 4.79 Å². The second-order valence-electron chi connectivity index (χ2n) is 7.70. The van der Waals surface area contributed by atoms with E-state index in [4.69, 9.17) is 19.4 Å². The minimum absolute atomic E-state index is 0.236. The molecule has 1 amide bonds. The second kappa shape index (κ2) is 10.1. The largest absolute Gasteiger partial charge is 0.497 e. The number of hydrogen-bond donors (Lipinski definition) is 3. The Hall–Kier alpha value is -3.68. The van der Waals surface area contributed by atoms with Crippen molar-refractivity contribution in [1.29, 1.82) is 0 Å². The van der Waals surface area contributed by atoms with Crippen LogP contribution < -0.4 is 20.1 Å². The number of methoxy groups -OCH3 is 2. The van der Waals surface area contributed by atoms with Crippen LogP contribution in [0, 0.1) is 0 Å². The molecule has 14 heteroatoms. The van der Waals surface area contributed by atoms with Crippen LogP contribution in [0.5, 0.6) is 11.5 Å². The molecule has 1 fully saturated rings. The maximum atomic E-state index is 13.8. The Kier molecular flexibility index (Phi) is 7.57. The number of alkyl halides is 6. The van der Waals surface area contributed by atoms with E-state index in [1.54, 1.807) is 24.3 Å². The van der Waals surface area contributed by atoms with Crippen LogP contribution in [0.2, 0.25) is 0 Å². The number of amides is 1. The van der Waals surface area contributed by atoms with Crippen molar-refractivity contribution in [2.24, 2.45) is 0 Å². The van der Waals surface area contributed by atoms with Crippen LogP contribution in [0.25, 0.3) is 0 Å². The zero-order valence-electron chi connectivity index (χ0n) is 18.9. The molecule has 2 aliphatic heterocycles. The highest BCUT2D eigenvalue weighted by Gasteiger charge is 2.45. The third-order valence-electron chi connectivity index (χ3n) is 5.48. The molecule has 0 aliphatic carbocycles. The number of carbonyl (C=O) groups is 2. The molecule has 2 aliphatic rings. The molecule has 3 N–H and O–H groups in total. The van der Waals surface area contributed by atoms with Crippen molar-refractivity contribution in [1.82, 2.24) is 10.2 Å². The third kappa shape index (κ3) is 5.58. The maximum absolute atomic E-state index is 13.8. The van der Waals surface area contributed by atoms with Crippen LogP contribution in [0.15, 0.2) is 30.3 Å². The Labute approximate surface area is 200 Å². The van der Waals surface area contributed by atoms with Crippen LogP contribution in [0.4, 0.5) is 37.7 Å². The SMILES string of the molecule is COc1ccc(Nc2cc3c(c(C(F)(F)F)c2)C(=O)N2CCNC[C@@H]32)c(OC)c1.O=C(O)C(F)(F)F. The van der Waals surface area contributed by atoms with E-state index in [0.717, 1.165) is 6.07 Å². The van der Waals surface area contributed by atoms with E-state index in [2.05, 4.69) is 10.6 Å². The number of nitrogens with one attached hydrogen (secondary N) is 2. The molecular formula is C22H21F6N3O5. The van der Waals surface area contributed by atoms with E-state index in [-0.39, 0.29) is 11.3 Å². The maximum Gasteiger partial charge on any atom is 0.490 e. The number of carboxylic acid groups (broad SMARTS) is 1. The van der Waals surface area contributed by atoms with Gasteiger partial charge in [0.25, 0.3) is 5.91 Å². The molecule has 0 unspecified atom stereocenters. The van der Waals surface area contributed by atoms with E-state index < -0.39 is 35.8 Å². The number of piperazine rings is 1. The average Bonchev–Trinajstić information content (AvgIpc) is 3.10. The van der Waals surface area contributed by atoms with Crippen molar-refractivity contribution in [2.75, 3.05) is 39.2 Å². The number of halogens is 6. The number of nitrogens with zero attached hydrogens (tertiary/aromatic N) is 1. The van der Waals surface area contributed by atoms with E-state index in [9.17, 15) is 31.1 Å². The summed E-state index contributed by atoms with van der Waals surface area (Å²) >= 11 is 0. The smallest absolute Gasteiger partial charge is 0.490 e. The van der Waals surface area contributed by atoms with Gasteiger partial charge in [0.05, 0.1) is 37.1 Å². The normalized spacial score (nSPS) is 16.9. The summed E-state index contributed by atoms with van der Waals surface area (Å²) in [7, 11) is 2.98. The Morgan fingerprint density at radius 1 is 1.11 bits per heavy atom. The van der Waals surface area contributed by atoms with Gasteiger partial charge in [-0.2, -0.15) is 26.3 Å². The van der Waals surface area contributed by atoms with Gasteiger partial charge < -0.3 is 30.1 Å². The minimum atomic E-state index is -5.08. The minimum Gasteiger partial charge on any atom is -0.497 e. The average molecular weight is 521 g/mol. The number of aliphatic carboxylic acids is 1. The Balaban J connectivity index is 0.000000454. The quantitative estimate of drug-likeness (QED) is 0.519. The van der Waals surface area contributed by atoms with Gasteiger partial charge in [0.1, 0.15) is 11.5 Å². The molecule has 196 valence electrons. The molecular weight excluding hydrogens is 500 g/mol. The molecule has 1 atom stereocenters. The lowest BCUT2D eigenvalue weighted by molar-refractivity contribution is -0.192. The number of rotatable bonds is 4. The molecule has 0 bridgehead atoms. The molecule has 0 spiro atoms. The van der Waals surface area contributed by atoms with Crippen LogP contribution in [-0.4, -0.2) is 61.9 Å². The topological polar surface area (TPSA) is 100 Å². The fourth-order valence-corrected chi connectivity index (χ4v) is 3.89. The monoisotopic (exact) mass is 521 g/mol. The second-order valence-corrected chi connectivity index (χ2v) is 7.70. The van der Waals surface area contributed by atoms with E-state index in [1.165, 1.54) is 19.1 Å². The first-order valence-corrected chi connectivity index (χ1v) is 10.3. The van der Waals surface area contributed by atoms with Gasteiger partial charge in [0, 0.05) is 31.4 Å². The van der Waals surface area contributed by atoms with Crippen molar-refractivity contribution < 1.29 is 50.5 Å². The van der Waals surface area contributed by atoms with Crippen LogP contribution in [0.1, 0.15) is 27.5 Å². The van der Waals surface area contributed by atoms with E-state index in [1.807, 2.05) is 0 Å². The fourth-order valence-electron chi connectivity index (χ4n) is 3.89. The summed E-state index contributed by atoms with van der Waals surface area (Å²) in [5.41, 5.74) is -0.0704. The molecule has 0 aromatic heterocycles. The molecule has 2 aromatic carbocycles. The standard InChI is InChI=1S/C20H20F3N3O3.C2HF3O2/c1-28-12-3-4-15(17(9-12)29-2)25-11-7-13-16-10-24-5-6-26(16)19(27)18(13)14(8-11)20(21,22)23;3-2(4,5)1(6)7/h3-4,7-9,16,24-25H,5-6,10H2,1-2H3;(H,6,7)/t16-;/m0./s1. The molecule has 4 rings (SSSR count). The highest BCUT2D eigenvalue weighted by atomic mass is 19.4. The van der Waals surface area contributed by atoms with Gasteiger partial charge in [0.15, 0.2) is 0 Å². The van der Waals surface area contributed by atoms with Crippen molar-refractivity contribution in [3.05, 3.63) is 47.0 Å². The number of fused-ring (bicyclic) bond motifs is 3. The Bertz CT molecular complexity index is 1150. The lowest BCUT2D eigenvalue weighted by atomic mass is 9.97. The van der Waals surface area contributed by atoms with Gasteiger partial charge in [-0.15, -0.1) is 0 Å². The molecule has 8 nitrogen and oxygen atoms in total. The first-order valence-electron chi connectivity index (χ1n) is 10.3. The molecule has 1 saturated heterocycles. The summed E-state index contributed by atoms with van der Waals surface area (Å²) in [6.07, 6.45) is -9.73. The van der Waals surface area contributed by atoms with Crippen molar-refractivity contribution >= 4 is 23.3 Å². The van der Waals surface area contributed by atoms with Crippen LogP contribution in [-0.2, 0) is 11.0 Å². The highest BCUT2D eigenvalue weighted by molar-refractivity contribution is 6.01. The predicted octanol–water partition coefficient (Wildman–Crippen LogP) is 4.20. The number of carbonyl (C=O) groups excluding carboxylic acids is 1. The number of ether oxygens (including phenoxy) is 2. The highest BCUT2D eigenvalue weighted by Crippen LogP contribution is 2.44. The molecule has 0 saturated carbocycles. The first-order chi connectivity index (χ1) is 16.8. The summed E-state index contributed by atoms with van der Waals surface area (Å²) in [5.74, 6) is -2.33. The van der Waals surface area contributed by atoms with Gasteiger partial charge >= 0.3 is 18.3 Å². The number of anilines is 2. The van der Waals surface area contributed by atoms with E-state index in [0.29, 0.717) is 42.4 Å². The number of carboxylic acids is 1. The van der Waals surface area contributed by atoms with Crippen molar-refractivity contribution in [3.63, 3.8) is 0 Å². The molecule has 2 aromatic rings. The van der Waals surface area contributed by atoms with Gasteiger partial charge in [-0.05, 0) is 29.8 Å². The molecule has 2 heterocycles. The predicted molar refractivity (Wildman–Crippen MR) is 115 cm³/mol. The Morgan fingerprint density at radius 2 is 1.78 bits per heavy atom. The van der Waals surface area contributed by atoms with Crippen LogP contribution in [0.3, 0.4) is 0 Å². The molecule has 36 heavy (non-hydrogen) atoms. The molecule has 0 radical (unpaired) electrons. The Morgan fingerprint density at radius 3 is 2.33 bits per heavy atom. The third-order valence-corrected chi connectivity index (χ3v) is 5.48. The van der Waals surface area contributed by atoms with E-state index >= 15 is 0 Å². The summed E-state index contributed by atoms with van der Waals surface area (Å²) in [4.78, 5) is 23.1. The first kappa shape index (κ1) is 26.9.